The molecular weight excluding hydrogens is 136 g/mol. The number of hydrogen-bond acceptors (Lipinski definition) is 3. The second-order valence-electron chi connectivity index (χ2n) is 2.46. The van der Waals surface area contributed by atoms with Crippen molar-refractivity contribution in [2.45, 2.75) is 18.4 Å². The van der Waals surface area contributed by atoms with Crippen molar-refractivity contribution in [2.24, 2.45) is 0 Å². The minimum absolute atomic E-state index is 0.150. The Kier molecular flexibility index (Phi) is 2.38. The van der Waals surface area contributed by atoms with E-state index in [2.05, 4.69) is 12.6 Å². The number of thiol groups is 1. The Morgan fingerprint density at radius 2 is 2.33 bits per heavy atom. The molecule has 54 valence electrons. The van der Waals surface area contributed by atoms with Crippen molar-refractivity contribution >= 4 is 12.6 Å². The minimum atomic E-state index is -0.150. The first-order chi connectivity index (χ1) is 4.33. The van der Waals surface area contributed by atoms with Gasteiger partial charge in [0, 0.05) is 0 Å². The first-order valence-electron chi connectivity index (χ1n) is 3.19. The molecule has 0 bridgehead atoms. The fourth-order valence-electron chi connectivity index (χ4n) is 0.818. The standard InChI is InChI=1S/C6H12O2S/c7-4-6(5-8-6)2-1-3-9/h7,9H,1-5H2/t6-/m1/s1. The maximum atomic E-state index is 8.73. The Labute approximate surface area is 60.6 Å². The molecular formula is C6H12O2S. The Morgan fingerprint density at radius 3 is 2.67 bits per heavy atom. The second-order valence-corrected chi connectivity index (χ2v) is 2.90. The van der Waals surface area contributed by atoms with E-state index in [-0.39, 0.29) is 12.2 Å². The Morgan fingerprint density at radius 1 is 1.67 bits per heavy atom. The molecule has 1 fully saturated rings. The lowest BCUT2D eigenvalue weighted by atomic mass is 10.1. The Hall–Kier alpha value is 0.270. The summed E-state index contributed by atoms with van der Waals surface area (Å²) in [5.74, 6) is 0.880. The van der Waals surface area contributed by atoms with Crippen molar-refractivity contribution in [3.8, 4) is 0 Å². The van der Waals surface area contributed by atoms with Crippen molar-refractivity contribution < 1.29 is 9.84 Å². The molecule has 1 aliphatic rings. The molecule has 0 aromatic rings. The molecule has 0 radical (unpaired) electrons. The molecule has 3 heteroatoms. The van der Waals surface area contributed by atoms with Gasteiger partial charge in [0.15, 0.2) is 0 Å². The van der Waals surface area contributed by atoms with E-state index in [4.69, 9.17) is 9.84 Å². The maximum absolute atomic E-state index is 8.73. The summed E-state index contributed by atoms with van der Waals surface area (Å²) in [7, 11) is 0. The highest BCUT2D eigenvalue weighted by molar-refractivity contribution is 7.80. The van der Waals surface area contributed by atoms with Gasteiger partial charge in [0.1, 0.15) is 5.60 Å². The van der Waals surface area contributed by atoms with E-state index in [0.29, 0.717) is 0 Å². The predicted octanol–water partition coefficient (Wildman–Crippen LogP) is 0.458. The van der Waals surface area contributed by atoms with Crippen LogP contribution in [0.3, 0.4) is 0 Å². The van der Waals surface area contributed by atoms with Crippen LogP contribution >= 0.6 is 12.6 Å². The zero-order chi connectivity index (χ0) is 6.74. The van der Waals surface area contributed by atoms with Crippen LogP contribution in [0.4, 0.5) is 0 Å². The molecule has 9 heavy (non-hydrogen) atoms. The third-order valence-electron chi connectivity index (χ3n) is 1.63. The molecule has 0 amide bonds. The van der Waals surface area contributed by atoms with Crippen molar-refractivity contribution in [1.29, 1.82) is 0 Å². The normalized spacial score (nSPS) is 32.7. The van der Waals surface area contributed by atoms with Crippen LogP contribution in [0.15, 0.2) is 0 Å². The van der Waals surface area contributed by atoms with E-state index in [9.17, 15) is 0 Å². The van der Waals surface area contributed by atoms with Gasteiger partial charge in [-0.15, -0.1) is 0 Å². The quantitative estimate of drug-likeness (QED) is 0.448. The molecule has 0 saturated carbocycles. The summed E-state index contributed by atoms with van der Waals surface area (Å²) >= 11 is 4.06. The van der Waals surface area contributed by atoms with Gasteiger partial charge >= 0.3 is 0 Å². The molecule has 1 rings (SSSR count). The predicted molar refractivity (Wildman–Crippen MR) is 38.9 cm³/mol. The van der Waals surface area contributed by atoms with Gasteiger partial charge in [-0.25, -0.2) is 0 Å². The largest absolute Gasteiger partial charge is 0.393 e. The van der Waals surface area contributed by atoms with Crippen LogP contribution in [0.1, 0.15) is 12.8 Å². The number of hydrogen-bond donors (Lipinski definition) is 2. The zero-order valence-corrected chi connectivity index (χ0v) is 6.23. The van der Waals surface area contributed by atoms with Gasteiger partial charge in [-0.3, -0.25) is 0 Å². The molecule has 0 aliphatic carbocycles. The molecule has 1 saturated heterocycles. The maximum Gasteiger partial charge on any atom is 0.115 e. The van der Waals surface area contributed by atoms with E-state index in [1.807, 2.05) is 0 Å². The lowest BCUT2D eigenvalue weighted by molar-refractivity contribution is 0.164. The molecule has 0 aromatic carbocycles. The van der Waals surface area contributed by atoms with E-state index in [1.165, 1.54) is 0 Å². The highest BCUT2D eigenvalue weighted by Gasteiger charge is 2.42. The fraction of sp³-hybridized carbons (Fsp3) is 1.00. The van der Waals surface area contributed by atoms with Crippen LogP contribution in [0.5, 0.6) is 0 Å². The zero-order valence-electron chi connectivity index (χ0n) is 5.34. The number of aliphatic hydroxyl groups excluding tert-OH is 1. The topological polar surface area (TPSA) is 32.8 Å². The van der Waals surface area contributed by atoms with Crippen molar-refractivity contribution in [3.05, 3.63) is 0 Å². The first kappa shape index (κ1) is 7.38. The van der Waals surface area contributed by atoms with Crippen molar-refractivity contribution in [3.63, 3.8) is 0 Å². The average Bonchev–Trinajstić information content (AvgIpc) is 2.65. The molecule has 0 aromatic heterocycles. The second kappa shape index (κ2) is 2.90. The van der Waals surface area contributed by atoms with E-state index in [0.717, 1.165) is 25.2 Å². The van der Waals surface area contributed by atoms with Gasteiger partial charge in [0.2, 0.25) is 0 Å². The van der Waals surface area contributed by atoms with Crippen LogP contribution in [-0.2, 0) is 4.74 Å². The smallest absolute Gasteiger partial charge is 0.115 e. The lowest BCUT2D eigenvalue weighted by Crippen LogP contribution is -2.16. The molecule has 1 heterocycles. The molecule has 1 atom stereocenters. The van der Waals surface area contributed by atoms with E-state index >= 15 is 0 Å². The fourth-order valence-corrected chi connectivity index (χ4v) is 0.976. The molecule has 2 nitrogen and oxygen atoms in total. The Balaban J connectivity index is 2.10. The monoisotopic (exact) mass is 148 g/mol. The lowest BCUT2D eigenvalue weighted by Gasteiger charge is -2.04. The molecule has 1 N–H and O–H groups in total. The van der Waals surface area contributed by atoms with Crippen molar-refractivity contribution in [2.75, 3.05) is 19.0 Å². The van der Waals surface area contributed by atoms with Gasteiger partial charge in [0.25, 0.3) is 0 Å². The van der Waals surface area contributed by atoms with Crippen LogP contribution in [0.25, 0.3) is 0 Å². The third kappa shape index (κ3) is 1.85. The summed E-state index contributed by atoms with van der Waals surface area (Å²) in [6.07, 6.45) is 1.98. The summed E-state index contributed by atoms with van der Waals surface area (Å²) < 4.78 is 5.06. The third-order valence-corrected chi connectivity index (χ3v) is 1.95. The number of aliphatic hydroxyl groups is 1. The summed E-state index contributed by atoms with van der Waals surface area (Å²) in [5.41, 5.74) is -0.150. The Bertz CT molecular complexity index is 91.1. The first-order valence-corrected chi connectivity index (χ1v) is 3.82. The average molecular weight is 148 g/mol. The van der Waals surface area contributed by atoms with Crippen LogP contribution in [0, 0.1) is 0 Å². The van der Waals surface area contributed by atoms with E-state index < -0.39 is 0 Å². The van der Waals surface area contributed by atoms with Crippen molar-refractivity contribution in [1.82, 2.24) is 0 Å². The van der Waals surface area contributed by atoms with Gasteiger partial charge in [-0.2, -0.15) is 12.6 Å². The highest BCUT2D eigenvalue weighted by Crippen LogP contribution is 2.31. The molecule has 0 spiro atoms. The summed E-state index contributed by atoms with van der Waals surface area (Å²) in [4.78, 5) is 0. The van der Waals surface area contributed by atoms with Crippen LogP contribution < -0.4 is 0 Å². The molecule has 0 unspecified atom stereocenters. The van der Waals surface area contributed by atoms with Crippen LogP contribution in [0.2, 0.25) is 0 Å². The summed E-state index contributed by atoms with van der Waals surface area (Å²) in [6.45, 7) is 0.901. The van der Waals surface area contributed by atoms with Gasteiger partial charge in [0.05, 0.1) is 13.2 Å². The number of epoxide rings is 1. The van der Waals surface area contributed by atoms with Gasteiger partial charge < -0.3 is 9.84 Å². The summed E-state index contributed by atoms with van der Waals surface area (Å²) in [5, 5.41) is 8.73. The highest BCUT2D eigenvalue weighted by atomic mass is 32.1. The van der Waals surface area contributed by atoms with E-state index in [1.54, 1.807) is 0 Å². The van der Waals surface area contributed by atoms with Gasteiger partial charge in [-0.05, 0) is 18.6 Å². The SMILES string of the molecule is OC[C@]1(CCCS)CO1. The number of rotatable bonds is 4. The van der Waals surface area contributed by atoms with Gasteiger partial charge in [-0.1, -0.05) is 0 Å². The molecule has 1 aliphatic heterocycles. The summed E-state index contributed by atoms with van der Waals surface area (Å²) in [6, 6.07) is 0. The van der Waals surface area contributed by atoms with Crippen LogP contribution in [-0.4, -0.2) is 29.7 Å². The number of ether oxygens (including phenoxy) is 1. The minimum Gasteiger partial charge on any atom is -0.393 e.